The van der Waals surface area contributed by atoms with Crippen molar-refractivity contribution >= 4 is 33.9 Å². The van der Waals surface area contributed by atoms with E-state index in [1.807, 2.05) is 19.1 Å². The maximum absolute atomic E-state index is 10.1. The molecule has 3 aromatic rings. The van der Waals surface area contributed by atoms with E-state index in [4.69, 9.17) is 21.1 Å². The number of fused-ring (bicyclic) bond motifs is 2. The molecule has 0 bridgehead atoms. The van der Waals surface area contributed by atoms with Crippen LogP contribution < -0.4 is 9.47 Å². The molecule has 2 aromatic carbocycles. The number of benzene rings is 2. The minimum Gasteiger partial charge on any atom is -0.493 e. The zero-order chi connectivity index (χ0) is 16.7. The van der Waals surface area contributed by atoms with E-state index in [0.29, 0.717) is 52.0 Å². The van der Waals surface area contributed by atoms with Gasteiger partial charge in [-0.15, -0.1) is 5.11 Å². The van der Waals surface area contributed by atoms with Crippen LogP contribution in [0.1, 0.15) is 5.56 Å². The molecule has 1 aliphatic rings. The molecular weight excluding hydrogens is 330 g/mol. The number of nitrogens with one attached hydrogen (secondary N) is 1. The summed E-state index contributed by atoms with van der Waals surface area (Å²) in [5, 5.41) is 19.8. The lowest BCUT2D eigenvalue weighted by Gasteiger charge is -2.18. The largest absolute Gasteiger partial charge is 0.493 e. The second-order valence-electron chi connectivity index (χ2n) is 5.50. The number of hydrogen-bond donors (Lipinski definition) is 2. The summed E-state index contributed by atoms with van der Waals surface area (Å²) < 4.78 is 11.1. The monoisotopic (exact) mass is 343 g/mol. The topological polar surface area (TPSA) is 79.2 Å². The minimum absolute atomic E-state index is 0.0608. The molecule has 4 rings (SSSR count). The van der Waals surface area contributed by atoms with Gasteiger partial charge in [-0.1, -0.05) is 17.7 Å². The van der Waals surface area contributed by atoms with Gasteiger partial charge in [0.1, 0.15) is 13.2 Å². The highest BCUT2D eigenvalue weighted by atomic mass is 35.5. The molecule has 7 heteroatoms. The Hall–Kier alpha value is -2.73. The highest BCUT2D eigenvalue weighted by Crippen LogP contribution is 2.42. The van der Waals surface area contributed by atoms with Gasteiger partial charge in [-0.25, -0.2) is 0 Å². The molecule has 6 nitrogen and oxygen atoms in total. The van der Waals surface area contributed by atoms with Gasteiger partial charge in [-0.3, -0.25) is 0 Å². The first-order valence-corrected chi connectivity index (χ1v) is 7.82. The molecule has 0 saturated carbocycles. The second kappa shape index (κ2) is 5.72. The van der Waals surface area contributed by atoms with E-state index in [9.17, 15) is 5.11 Å². The van der Waals surface area contributed by atoms with Crippen molar-refractivity contribution < 1.29 is 14.6 Å². The summed E-state index contributed by atoms with van der Waals surface area (Å²) in [7, 11) is 0. The van der Waals surface area contributed by atoms with Crippen molar-refractivity contribution in [3.8, 4) is 17.4 Å². The van der Waals surface area contributed by atoms with Crippen LogP contribution in [0.2, 0.25) is 5.02 Å². The molecule has 0 amide bonds. The van der Waals surface area contributed by atoms with E-state index in [1.165, 1.54) is 0 Å². The normalized spacial score (nSPS) is 13.8. The fourth-order valence-electron chi connectivity index (χ4n) is 2.56. The Labute approximate surface area is 142 Å². The summed E-state index contributed by atoms with van der Waals surface area (Å²) in [4.78, 5) is 2.87. The van der Waals surface area contributed by atoms with Crippen molar-refractivity contribution in [3.63, 3.8) is 0 Å². The first-order valence-electron chi connectivity index (χ1n) is 7.44. The Bertz CT molecular complexity index is 965. The lowest BCUT2D eigenvalue weighted by molar-refractivity contribution is 0.172. The third-order valence-electron chi connectivity index (χ3n) is 3.84. The van der Waals surface area contributed by atoms with Crippen molar-refractivity contribution in [2.75, 3.05) is 13.2 Å². The number of aromatic nitrogens is 1. The summed E-state index contributed by atoms with van der Waals surface area (Å²) in [6.45, 7) is 2.92. The van der Waals surface area contributed by atoms with E-state index < -0.39 is 0 Å². The average molecular weight is 344 g/mol. The molecule has 0 saturated heterocycles. The zero-order valence-corrected chi connectivity index (χ0v) is 13.6. The molecule has 122 valence electrons. The third kappa shape index (κ3) is 2.55. The van der Waals surface area contributed by atoms with Crippen molar-refractivity contribution in [1.29, 1.82) is 0 Å². The molecular formula is C17H14ClN3O3. The van der Waals surface area contributed by atoms with E-state index >= 15 is 0 Å². The highest BCUT2D eigenvalue weighted by Gasteiger charge is 2.18. The zero-order valence-electron chi connectivity index (χ0n) is 12.8. The molecule has 2 N–H and O–H groups in total. The van der Waals surface area contributed by atoms with Gasteiger partial charge in [0, 0.05) is 16.5 Å². The van der Waals surface area contributed by atoms with Crippen LogP contribution in [0.4, 0.5) is 11.4 Å². The quantitative estimate of drug-likeness (QED) is 0.641. The third-order valence-corrected chi connectivity index (χ3v) is 4.24. The van der Waals surface area contributed by atoms with Crippen LogP contribution >= 0.6 is 11.6 Å². The van der Waals surface area contributed by atoms with Gasteiger partial charge in [0.15, 0.2) is 17.2 Å². The van der Waals surface area contributed by atoms with E-state index in [-0.39, 0.29) is 5.88 Å². The lowest BCUT2D eigenvalue weighted by Crippen LogP contribution is -2.15. The maximum Gasteiger partial charge on any atom is 0.218 e. The van der Waals surface area contributed by atoms with E-state index in [2.05, 4.69) is 15.2 Å². The highest BCUT2D eigenvalue weighted by molar-refractivity contribution is 6.31. The number of hydrogen-bond acceptors (Lipinski definition) is 5. The number of aromatic hydroxyl groups is 1. The number of H-pyrrole nitrogens is 1. The van der Waals surface area contributed by atoms with Gasteiger partial charge in [0.05, 0.1) is 11.2 Å². The fraction of sp³-hybridized carbons (Fsp3) is 0.176. The van der Waals surface area contributed by atoms with Crippen LogP contribution in [-0.4, -0.2) is 23.3 Å². The fourth-order valence-corrected chi connectivity index (χ4v) is 2.73. The summed E-state index contributed by atoms with van der Waals surface area (Å²) in [5.41, 5.74) is 2.62. The Kier molecular flexibility index (Phi) is 3.54. The lowest BCUT2D eigenvalue weighted by atomic mass is 10.2. The number of halogens is 1. The van der Waals surface area contributed by atoms with Crippen LogP contribution in [0.3, 0.4) is 0 Å². The van der Waals surface area contributed by atoms with Crippen molar-refractivity contribution in [2.24, 2.45) is 10.2 Å². The van der Waals surface area contributed by atoms with Gasteiger partial charge in [0.2, 0.25) is 5.88 Å². The number of nitrogens with zero attached hydrogens (tertiary/aromatic N) is 2. The van der Waals surface area contributed by atoms with Gasteiger partial charge in [-0.2, -0.15) is 5.11 Å². The Morgan fingerprint density at radius 1 is 1.08 bits per heavy atom. The van der Waals surface area contributed by atoms with Gasteiger partial charge < -0.3 is 19.6 Å². The second-order valence-corrected chi connectivity index (χ2v) is 5.90. The number of azo groups is 1. The molecule has 0 spiro atoms. The number of aromatic amines is 1. The summed E-state index contributed by atoms with van der Waals surface area (Å²) in [5.74, 6) is 1.21. The SMILES string of the molecule is Cc1ccc(N=Nc2c(O)[nH]c3cc4c(cc23)OCCO4)cc1Cl. The number of aryl methyl sites for hydroxylation is 1. The van der Waals surface area contributed by atoms with Crippen LogP contribution in [-0.2, 0) is 0 Å². The van der Waals surface area contributed by atoms with Crippen LogP contribution in [0.5, 0.6) is 17.4 Å². The first-order chi connectivity index (χ1) is 11.6. The minimum atomic E-state index is -0.0608. The number of rotatable bonds is 2. The average Bonchev–Trinajstić information content (AvgIpc) is 2.88. The number of ether oxygens (including phenoxy) is 2. The van der Waals surface area contributed by atoms with Crippen LogP contribution in [0, 0.1) is 6.92 Å². The molecule has 0 radical (unpaired) electrons. The molecule has 1 aliphatic heterocycles. The Balaban J connectivity index is 1.76. The predicted molar refractivity (Wildman–Crippen MR) is 91.3 cm³/mol. The smallest absolute Gasteiger partial charge is 0.218 e. The summed E-state index contributed by atoms with van der Waals surface area (Å²) in [6, 6.07) is 8.98. The van der Waals surface area contributed by atoms with Gasteiger partial charge >= 0.3 is 0 Å². The summed E-state index contributed by atoms with van der Waals surface area (Å²) in [6.07, 6.45) is 0. The van der Waals surface area contributed by atoms with E-state index in [0.717, 1.165) is 5.56 Å². The first kappa shape index (κ1) is 14.8. The molecule has 0 aliphatic carbocycles. The molecule has 1 aromatic heterocycles. The Morgan fingerprint density at radius 2 is 1.83 bits per heavy atom. The van der Waals surface area contributed by atoms with Crippen molar-refractivity contribution in [2.45, 2.75) is 6.92 Å². The summed E-state index contributed by atoms with van der Waals surface area (Å²) >= 11 is 6.09. The van der Waals surface area contributed by atoms with Crippen LogP contribution in [0.25, 0.3) is 10.9 Å². The van der Waals surface area contributed by atoms with Gasteiger partial charge in [0.25, 0.3) is 0 Å². The Morgan fingerprint density at radius 3 is 2.58 bits per heavy atom. The molecule has 0 fully saturated rings. The molecule has 0 unspecified atom stereocenters. The maximum atomic E-state index is 10.1. The molecule has 2 heterocycles. The van der Waals surface area contributed by atoms with Crippen molar-refractivity contribution in [3.05, 3.63) is 40.9 Å². The van der Waals surface area contributed by atoms with Gasteiger partial charge in [-0.05, 0) is 30.7 Å². The standard InChI is InChI=1S/C17H14ClN3O3/c1-9-2-3-10(6-12(9)18)20-21-16-11-7-14-15(24-5-4-23-14)8-13(11)19-17(16)22/h2-3,6-8,19,22H,4-5H2,1H3. The van der Waals surface area contributed by atoms with Crippen molar-refractivity contribution in [1.82, 2.24) is 4.98 Å². The molecule has 24 heavy (non-hydrogen) atoms. The molecule has 0 atom stereocenters. The van der Waals surface area contributed by atoms with Crippen LogP contribution in [0.15, 0.2) is 40.6 Å². The predicted octanol–water partition coefficient (Wildman–Crippen LogP) is 5.02. The van der Waals surface area contributed by atoms with E-state index in [1.54, 1.807) is 18.2 Å².